The highest BCUT2D eigenvalue weighted by Gasteiger charge is 2.25. The van der Waals surface area contributed by atoms with Crippen LogP contribution in [0.5, 0.6) is 0 Å². The summed E-state index contributed by atoms with van der Waals surface area (Å²) in [4.78, 5) is 4.31. The molecule has 0 saturated carbocycles. The molecule has 0 radical (unpaired) electrons. The van der Waals surface area contributed by atoms with Crippen LogP contribution in [0.2, 0.25) is 6.55 Å². The van der Waals surface area contributed by atoms with Crippen LogP contribution in [0.25, 0.3) is 0 Å². The van der Waals surface area contributed by atoms with Crippen LogP contribution in [-0.2, 0) is 8.85 Å². The molecule has 1 rings (SSSR count). The van der Waals surface area contributed by atoms with Crippen molar-refractivity contribution in [1.29, 1.82) is 0 Å². The van der Waals surface area contributed by atoms with E-state index in [1.165, 1.54) is 0 Å². The fourth-order valence-corrected chi connectivity index (χ4v) is 1.66. The van der Waals surface area contributed by atoms with Crippen molar-refractivity contribution in [2.24, 2.45) is 4.99 Å². The fourth-order valence-electron chi connectivity index (χ4n) is 0.895. The molecule has 76 valence electrons. The van der Waals surface area contributed by atoms with E-state index in [4.69, 9.17) is 8.85 Å². The van der Waals surface area contributed by atoms with Crippen LogP contribution in [0.3, 0.4) is 0 Å². The van der Waals surface area contributed by atoms with Gasteiger partial charge in [-0.05, 0) is 18.7 Å². The second-order valence-electron chi connectivity index (χ2n) is 3.02. The molecule has 0 fully saturated rings. The van der Waals surface area contributed by atoms with Crippen molar-refractivity contribution >= 4 is 20.1 Å². The average Bonchev–Trinajstić information content (AvgIpc) is 2.27. The van der Waals surface area contributed by atoms with Gasteiger partial charge in [-0.1, -0.05) is 18.2 Å². The molecule has 3 nitrogen and oxygen atoms in total. The number of nitrogens with zero attached hydrogens (tertiary/aromatic N) is 1. The molecule has 0 aliphatic heterocycles. The highest BCUT2D eigenvalue weighted by atomic mass is 28.4. The third-order valence-corrected chi connectivity index (χ3v) is 4.23. The Labute approximate surface area is 85.6 Å². The average molecular weight is 209 g/mol. The van der Waals surface area contributed by atoms with Crippen molar-refractivity contribution in [3.8, 4) is 0 Å². The third kappa shape index (κ3) is 3.06. The van der Waals surface area contributed by atoms with Crippen LogP contribution in [-0.4, -0.2) is 28.6 Å². The van der Waals surface area contributed by atoms with Gasteiger partial charge in [-0.2, -0.15) is 0 Å². The summed E-state index contributed by atoms with van der Waals surface area (Å²) in [5.74, 6) is 1.78. The van der Waals surface area contributed by atoms with Gasteiger partial charge >= 0.3 is 8.56 Å². The van der Waals surface area contributed by atoms with E-state index in [1.54, 1.807) is 20.1 Å². The quantitative estimate of drug-likeness (QED) is 0.562. The molecular formula is C10H15NO2Si. The van der Waals surface area contributed by atoms with Crippen LogP contribution in [0.15, 0.2) is 35.3 Å². The summed E-state index contributed by atoms with van der Waals surface area (Å²) in [6, 6.07) is 9.74. The molecule has 0 unspecified atom stereocenters. The van der Waals surface area contributed by atoms with Crippen molar-refractivity contribution in [2.45, 2.75) is 6.55 Å². The van der Waals surface area contributed by atoms with Gasteiger partial charge in [-0.15, -0.1) is 0 Å². The number of aliphatic imine (C=N–C) groups is 1. The lowest BCUT2D eigenvalue weighted by molar-refractivity contribution is 0.271. The SMILES string of the molecule is CO[Si](C)(C=Nc1ccccc1)OC. The molecule has 1 aromatic carbocycles. The second-order valence-corrected chi connectivity index (χ2v) is 6.12. The lowest BCUT2D eigenvalue weighted by Gasteiger charge is -2.16. The first kappa shape index (κ1) is 11.1. The molecule has 0 aliphatic rings. The zero-order valence-electron chi connectivity index (χ0n) is 8.73. The summed E-state index contributed by atoms with van der Waals surface area (Å²) in [5.41, 5.74) is 0.917. The maximum atomic E-state index is 5.28. The molecule has 4 heteroatoms. The number of hydrogen-bond acceptors (Lipinski definition) is 3. The van der Waals surface area contributed by atoms with E-state index in [0.717, 1.165) is 5.69 Å². The molecule has 0 spiro atoms. The zero-order chi connectivity index (χ0) is 10.4. The van der Waals surface area contributed by atoms with Gasteiger partial charge in [-0.3, -0.25) is 4.99 Å². The second kappa shape index (κ2) is 5.04. The Morgan fingerprint density at radius 3 is 2.21 bits per heavy atom. The van der Waals surface area contributed by atoms with Crippen LogP contribution < -0.4 is 0 Å². The van der Waals surface area contributed by atoms with Crippen LogP contribution >= 0.6 is 0 Å². The van der Waals surface area contributed by atoms with Gasteiger partial charge in [0.2, 0.25) is 0 Å². The lowest BCUT2D eigenvalue weighted by atomic mass is 10.3. The van der Waals surface area contributed by atoms with Crippen LogP contribution in [0, 0.1) is 0 Å². The Morgan fingerprint density at radius 2 is 1.71 bits per heavy atom. The summed E-state index contributed by atoms with van der Waals surface area (Å²) in [6.07, 6.45) is 0. The summed E-state index contributed by atoms with van der Waals surface area (Å²) < 4.78 is 10.6. The zero-order valence-corrected chi connectivity index (χ0v) is 9.73. The minimum atomic E-state index is -2.17. The van der Waals surface area contributed by atoms with Gasteiger partial charge in [0.25, 0.3) is 0 Å². The molecule has 0 amide bonds. The Bertz CT molecular complexity index is 296. The lowest BCUT2D eigenvalue weighted by Crippen LogP contribution is -2.38. The highest BCUT2D eigenvalue weighted by Crippen LogP contribution is 2.10. The predicted octanol–water partition coefficient (Wildman–Crippen LogP) is 2.29. The highest BCUT2D eigenvalue weighted by molar-refractivity contribution is 6.91. The standard InChI is InChI=1S/C10H15NO2Si/c1-12-14(3,13-2)9-11-10-7-5-4-6-8-10/h4-9H,1-3H3. The molecule has 0 heterocycles. The number of hydrogen-bond donors (Lipinski definition) is 0. The Balaban J connectivity index is 2.72. The third-order valence-electron chi connectivity index (χ3n) is 2.01. The minimum absolute atomic E-state index is 0.917. The molecule has 0 atom stereocenters. The van der Waals surface area contributed by atoms with Crippen molar-refractivity contribution in [3.05, 3.63) is 30.3 Å². The van der Waals surface area contributed by atoms with E-state index in [1.807, 2.05) is 36.9 Å². The monoisotopic (exact) mass is 209 g/mol. The van der Waals surface area contributed by atoms with Crippen LogP contribution in [0.1, 0.15) is 0 Å². The van der Waals surface area contributed by atoms with Crippen molar-refractivity contribution in [2.75, 3.05) is 14.2 Å². The molecular weight excluding hydrogens is 194 g/mol. The molecule has 0 bridgehead atoms. The van der Waals surface area contributed by atoms with Crippen molar-refractivity contribution < 1.29 is 8.85 Å². The minimum Gasteiger partial charge on any atom is -0.394 e. The van der Waals surface area contributed by atoms with E-state index in [9.17, 15) is 0 Å². The Hall–Kier alpha value is -0.973. The largest absolute Gasteiger partial charge is 0.394 e. The normalized spacial score (nSPS) is 12.2. The first-order valence-electron chi connectivity index (χ1n) is 4.41. The topological polar surface area (TPSA) is 30.8 Å². The number of benzene rings is 1. The van der Waals surface area contributed by atoms with Crippen molar-refractivity contribution in [1.82, 2.24) is 0 Å². The molecule has 1 aromatic rings. The van der Waals surface area contributed by atoms with E-state index < -0.39 is 8.56 Å². The smallest absolute Gasteiger partial charge is 0.380 e. The van der Waals surface area contributed by atoms with Gasteiger partial charge in [0.15, 0.2) is 0 Å². The molecule has 0 aliphatic carbocycles. The van der Waals surface area contributed by atoms with Gasteiger partial charge < -0.3 is 8.85 Å². The molecule has 14 heavy (non-hydrogen) atoms. The first-order valence-corrected chi connectivity index (χ1v) is 6.80. The Morgan fingerprint density at radius 1 is 1.14 bits per heavy atom. The first-order chi connectivity index (χ1) is 6.70. The van der Waals surface area contributed by atoms with Gasteiger partial charge in [0.1, 0.15) is 0 Å². The number of para-hydroxylation sites is 1. The maximum Gasteiger partial charge on any atom is 0.380 e. The Kier molecular flexibility index (Phi) is 4.00. The molecule has 0 N–H and O–H groups in total. The van der Waals surface area contributed by atoms with Gasteiger partial charge in [0.05, 0.1) is 5.69 Å². The van der Waals surface area contributed by atoms with Crippen LogP contribution in [0.4, 0.5) is 5.69 Å². The summed E-state index contributed by atoms with van der Waals surface area (Å²) >= 11 is 0. The molecule has 0 saturated heterocycles. The van der Waals surface area contributed by atoms with Crippen molar-refractivity contribution in [3.63, 3.8) is 0 Å². The van der Waals surface area contributed by atoms with E-state index >= 15 is 0 Å². The van der Waals surface area contributed by atoms with E-state index in [-0.39, 0.29) is 0 Å². The fraction of sp³-hybridized carbons (Fsp3) is 0.300. The predicted molar refractivity (Wildman–Crippen MR) is 60.2 cm³/mol. The summed E-state index contributed by atoms with van der Waals surface area (Å²) in [5, 5.41) is 0. The van der Waals surface area contributed by atoms with E-state index in [2.05, 4.69) is 4.99 Å². The van der Waals surface area contributed by atoms with Gasteiger partial charge in [-0.25, -0.2) is 0 Å². The number of rotatable bonds is 4. The summed E-state index contributed by atoms with van der Waals surface area (Å²) in [7, 11) is 1.12. The van der Waals surface area contributed by atoms with E-state index in [0.29, 0.717) is 0 Å². The van der Waals surface area contributed by atoms with Gasteiger partial charge in [0, 0.05) is 20.1 Å². The molecule has 0 aromatic heterocycles. The maximum absolute atomic E-state index is 5.28. The summed E-state index contributed by atoms with van der Waals surface area (Å²) in [6.45, 7) is 1.94.